The van der Waals surface area contributed by atoms with Crippen LogP contribution in [0, 0.1) is 5.41 Å². The summed E-state index contributed by atoms with van der Waals surface area (Å²) in [4.78, 5) is 8.57. The van der Waals surface area contributed by atoms with Gasteiger partial charge in [-0.15, -0.1) is 0 Å². The molecule has 0 amide bonds. The molecule has 0 aliphatic carbocycles. The molecule has 1 aromatic rings. The highest BCUT2D eigenvalue weighted by molar-refractivity contribution is 7.98. The van der Waals surface area contributed by atoms with Gasteiger partial charge in [0.2, 0.25) is 0 Å². The molecule has 0 fully saturated rings. The van der Waals surface area contributed by atoms with Crippen molar-refractivity contribution >= 4 is 11.8 Å². The maximum atomic E-state index is 4.28. The average molecular weight is 267 g/mol. The predicted molar refractivity (Wildman–Crippen MR) is 78.8 cm³/mol. The minimum Gasteiger partial charge on any atom is -0.308 e. The van der Waals surface area contributed by atoms with E-state index in [2.05, 4.69) is 49.9 Å². The van der Waals surface area contributed by atoms with Gasteiger partial charge in [-0.3, -0.25) is 0 Å². The lowest BCUT2D eigenvalue weighted by Crippen LogP contribution is -2.41. The first-order valence-corrected chi connectivity index (χ1v) is 7.54. The zero-order chi connectivity index (χ0) is 13.8. The summed E-state index contributed by atoms with van der Waals surface area (Å²) in [6.45, 7) is 12.1. The Kier molecular flexibility index (Phi) is 5.17. The first kappa shape index (κ1) is 15.4. The predicted octanol–water partition coefficient (Wildman–Crippen LogP) is 3.50. The second-order valence-corrected chi connectivity index (χ2v) is 7.33. The molecule has 0 aliphatic rings. The number of hydrogen-bond donors (Lipinski definition) is 1. The van der Waals surface area contributed by atoms with E-state index in [0.29, 0.717) is 5.41 Å². The SMILES string of the molecule is CSc1ncc(CNC(C)(C)CC(C)(C)C)cn1. The van der Waals surface area contributed by atoms with E-state index in [1.54, 1.807) is 11.8 Å². The summed E-state index contributed by atoms with van der Waals surface area (Å²) in [6.07, 6.45) is 6.92. The zero-order valence-electron chi connectivity index (χ0n) is 12.4. The lowest BCUT2D eigenvalue weighted by atomic mass is 9.82. The van der Waals surface area contributed by atoms with Gasteiger partial charge in [0.25, 0.3) is 0 Å². The lowest BCUT2D eigenvalue weighted by Gasteiger charge is -2.33. The van der Waals surface area contributed by atoms with Crippen LogP contribution in [0.25, 0.3) is 0 Å². The summed E-state index contributed by atoms with van der Waals surface area (Å²) in [6, 6.07) is 0. The van der Waals surface area contributed by atoms with Crippen LogP contribution in [-0.2, 0) is 6.54 Å². The first-order valence-electron chi connectivity index (χ1n) is 6.32. The van der Waals surface area contributed by atoms with Crippen LogP contribution in [0.5, 0.6) is 0 Å². The summed E-state index contributed by atoms with van der Waals surface area (Å²) in [7, 11) is 0. The van der Waals surface area contributed by atoms with Crippen LogP contribution in [-0.4, -0.2) is 21.8 Å². The third-order valence-electron chi connectivity index (χ3n) is 2.61. The number of nitrogens with zero attached hydrogens (tertiary/aromatic N) is 2. The fourth-order valence-corrected chi connectivity index (χ4v) is 2.59. The highest BCUT2D eigenvalue weighted by atomic mass is 32.2. The normalized spacial score (nSPS) is 12.8. The summed E-state index contributed by atoms with van der Waals surface area (Å²) in [5.41, 5.74) is 1.58. The van der Waals surface area contributed by atoms with Gasteiger partial charge in [0.1, 0.15) is 0 Å². The van der Waals surface area contributed by atoms with Crippen LogP contribution >= 0.6 is 11.8 Å². The smallest absolute Gasteiger partial charge is 0.187 e. The van der Waals surface area contributed by atoms with Crippen molar-refractivity contribution < 1.29 is 0 Å². The largest absolute Gasteiger partial charge is 0.308 e. The van der Waals surface area contributed by atoms with E-state index in [1.165, 1.54) is 0 Å². The number of thioether (sulfide) groups is 1. The number of hydrogen-bond acceptors (Lipinski definition) is 4. The quantitative estimate of drug-likeness (QED) is 0.654. The number of rotatable bonds is 5. The summed E-state index contributed by atoms with van der Waals surface area (Å²) >= 11 is 1.57. The molecule has 0 atom stereocenters. The molecule has 0 saturated carbocycles. The molecule has 1 aromatic heterocycles. The van der Waals surface area contributed by atoms with Gasteiger partial charge < -0.3 is 5.32 Å². The van der Waals surface area contributed by atoms with E-state index in [0.717, 1.165) is 23.7 Å². The Morgan fingerprint density at radius 2 is 1.67 bits per heavy atom. The van der Waals surface area contributed by atoms with Crippen LogP contribution < -0.4 is 5.32 Å². The van der Waals surface area contributed by atoms with Gasteiger partial charge in [-0.2, -0.15) is 0 Å². The van der Waals surface area contributed by atoms with Gasteiger partial charge in [-0.25, -0.2) is 9.97 Å². The maximum absolute atomic E-state index is 4.28. The molecule has 102 valence electrons. The molecular weight excluding hydrogens is 242 g/mol. The van der Waals surface area contributed by atoms with Crippen molar-refractivity contribution in [1.82, 2.24) is 15.3 Å². The zero-order valence-corrected chi connectivity index (χ0v) is 13.2. The molecule has 0 unspecified atom stereocenters. The van der Waals surface area contributed by atoms with Crippen LogP contribution in [0.2, 0.25) is 0 Å². The highest BCUT2D eigenvalue weighted by Gasteiger charge is 2.24. The highest BCUT2D eigenvalue weighted by Crippen LogP contribution is 2.26. The molecule has 0 aromatic carbocycles. The Morgan fingerprint density at radius 3 is 2.11 bits per heavy atom. The van der Waals surface area contributed by atoms with E-state index < -0.39 is 0 Å². The number of aromatic nitrogens is 2. The van der Waals surface area contributed by atoms with Gasteiger partial charge >= 0.3 is 0 Å². The van der Waals surface area contributed by atoms with Gasteiger partial charge in [-0.1, -0.05) is 32.5 Å². The fourth-order valence-electron chi connectivity index (χ4n) is 2.27. The van der Waals surface area contributed by atoms with E-state index in [4.69, 9.17) is 0 Å². The Morgan fingerprint density at radius 1 is 1.11 bits per heavy atom. The Bertz CT molecular complexity index is 366. The van der Waals surface area contributed by atoms with Gasteiger partial charge in [0.15, 0.2) is 5.16 Å². The fraction of sp³-hybridized carbons (Fsp3) is 0.714. The van der Waals surface area contributed by atoms with Crippen molar-refractivity contribution in [2.24, 2.45) is 5.41 Å². The minimum atomic E-state index is 0.121. The topological polar surface area (TPSA) is 37.8 Å². The molecule has 0 aliphatic heterocycles. The first-order chi connectivity index (χ1) is 8.22. The van der Waals surface area contributed by atoms with Crippen molar-refractivity contribution in [2.75, 3.05) is 6.26 Å². The van der Waals surface area contributed by atoms with Crippen molar-refractivity contribution in [3.8, 4) is 0 Å². The van der Waals surface area contributed by atoms with Crippen molar-refractivity contribution in [1.29, 1.82) is 0 Å². The third-order valence-corrected chi connectivity index (χ3v) is 3.18. The Labute approximate surface area is 115 Å². The Balaban J connectivity index is 2.53. The van der Waals surface area contributed by atoms with E-state index in [9.17, 15) is 0 Å². The monoisotopic (exact) mass is 267 g/mol. The second-order valence-electron chi connectivity index (χ2n) is 6.55. The molecule has 4 heteroatoms. The molecule has 1 rings (SSSR count). The van der Waals surface area contributed by atoms with Crippen molar-refractivity contribution in [3.05, 3.63) is 18.0 Å². The third kappa shape index (κ3) is 5.83. The van der Waals surface area contributed by atoms with Crippen LogP contribution in [0.4, 0.5) is 0 Å². The average Bonchev–Trinajstić information content (AvgIpc) is 2.24. The molecule has 3 nitrogen and oxygen atoms in total. The van der Waals surface area contributed by atoms with Gasteiger partial charge in [0.05, 0.1) is 0 Å². The second kappa shape index (κ2) is 6.02. The molecule has 1 heterocycles. The van der Waals surface area contributed by atoms with Crippen molar-refractivity contribution in [3.63, 3.8) is 0 Å². The standard InChI is InChI=1S/C14H25N3S/c1-13(2,3)10-14(4,5)17-9-11-7-15-12(18-6)16-8-11/h7-8,17H,9-10H2,1-6H3. The molecular formula is C14H25N3S. The maximum Gasteiger partial charge on any atom is 0.187 e. The molecule has 1 N–H and O–H groups in total. The van der Waals surface area contributed by atoms with Crippen LogP contribution in [0.3, 0.4) is 0 Å². The van der Waals surface area contributed by atoms with Crippen LogP contribution in [0.15, 0.2) is 17.6 Å². The van der Waals surface area contributed by atoms with E-state index >= 15 is 0 Å². The molecule has 0 bridgehead atoms. The molecule has 18 heavy (non-hydrogen) atoms. The van der Waals surface area contributed by atoms with Crippen molar-refractivity contribution in [2.45, 2.75) is 58.3 Å². The van der Waals surface area contributed by atoms with Gasteiger partial charge in [0, 0.05) is 30.0 Å². The molecule has 0 saturated heterocycles. The summed E-state index contributed by atoms with van der Waals surface area (Å²) < 4.78 is 0. The number of nitrogens with one attached hydrogen (secondary N) is 1. The minimum absolute atomic E-state index is 0.121. The van der Waals surface area contributed by atoms with E-state index in [-0.39, 0.29) is 5.54 Å². The molecule has 0 radical (unpaired) electrons. The lowest BCUT2D eigenvalue weighted by molar-refractivity contribution is 0.240. The van der Waals surface area contributed by atoms with Gasteiger partial charge in [-0.05, 0) is 31.9 Å². The van der Waals surface area contributed by atoms with E-state index in [1.807, 2.05) is 18.6 Å². The molecule has 0 spiro atoms. The van der Waals surface area contributed by atoms with Crippen LogP contribution in [0.1, 0.15) is 46.6 Å². The Hall–Kier alpha value is -0.610. The summed E-state index contributed by atoms with van der Waals surface area (Å²) in [5.74, 6) is 0. The summed E-state index contributed by atoms with van der Waals surface area (Å²) in [5, 5.41) is 4.41.